The van der Waals surface area contributed by atoms with E-state index in [1.54, 1.807) is 13.8 Å². The Balaban J connectivity index is 2.71. The van der Waals surface area contributed by atoms with E-state index >= 15 is 0 Å². The summed E-state index contributed by atoms with van der Waals surface area (Å²) in [5, 5.41) is 10.1. The second-order valence-electron chi connectivity index (χ2n) is 3.92. The van der Waals surface area contributed by atoms with Crippen LogP contribution in [0.2, 0.25) is 0 Å². The standard InChI is InChI=1S/C10H12N4O2S/c1-7-4-8(2)10(9(3)5-7)17(15,16)14-6-11-12-13-14/h4-6H,1-3H3. The van der Waals surface area contributed by atoms with Crippen LogP contribution in [-0.4, -0.2) is 28.0 Å². The molecule has 1 aromatic carbocycles. The molecule has 6 nitrogen and oxygen atoms in total. The van der Waals surface area contributed by atoms with Crippen LogP contribution >= 0.6 is 0 Å². The zero-order valence-electron chi connectivity index (χ0n) is 9.75. The van der Waals surface area contributed by atoms with Crippen LogP contribution in [0.5, 0.6) is 0 Å². The number of hydrogen-bond donors (Lipinski definition) is 0. The molecule has 0 unspecified atom stereocenters. The molecule has 7 heteroatoms. The Bertz CT molecular complexity index is 624. The summed E-state index contributed by atoms with van der Waals surface area (Å²) in [6.07, 6.45) is 1.08. The topological polar surface area (TPSA) is 77.7 Å². The Morgan fingerprint density at radius 1 is 1.12 bits per heavy atom. The maximum atomic E-state index is 12.3. The van der Waals surface area contributed by atoms with Gasteiger partial charge in [0, 0.05) is 0 Å². The first kappa shape index (κ1) is 11.7. The van der Waals surface area contributed by atoms with E-state index in [1.165, 1.54) is 0 Å². The minimum Gasteiger partial charge on any atom is -0.199 e. The summed E-state index contributed by atoms with van der Waals surface area (Å²) < 4.78 is 25.3. The molecule has 0 aliphatic rings. The van der Waals surface area contributed by atoms with Gasteiger partial charge in [-0.1, -0.05) is 17.7 Å². The first-order valence-electron chi connectivity index (χ1n) is 4.99. The minimum absolute atomic E-state index is 0.260. The van der Waals surface area contributed by atoms with Gasteiger partial charge in [0.15, 0.2) is 6.33 Å². The molecule has 0 aliphatic carbocycles. The van der Waals surface area contributed by atoms with Gasteiger partial charge in [-0.25, -0.2) is 0 Å². The molecule has 2 aromatic rings. The molecule has 2 rings (SSSR count). The van der Waals surface area contributed by atoms with Crippen molar-refractivity contribution < 1.29 is 8.42 Å². The Kier molecular flexibility index (Phi) is 2.70. The zero-order valence-corrected chi connectivity index (χ0v) is 10.6. The van der Waals surface area contributed by atoms with Gasteiger partial charge in [-0.15, -0.1) is 9.19 Å². The van der Waals surface area contributed by atoms with E-state index in [0.717, 1.165) is 16.0 Å². The molecule has 1 aromatic heterocycles. The summed E-state index contributed by atoms with van der Waals surface area (Å²) in [5.41, 5.74) is 2.41. The van der Waals surface area contributed by atoms with Crippen LogP contribution in [0.25, 0.3) is 0 Å². The van der Waals surface area contributed by atoms with Gasteiger partial charge in [-0.3, -0.25) is 0 Å². The van der Waals surface area contributed by atoms with E-state index in [2.05, 4.69) is 15.5 Å². The smallest absolute Gasteiger partial charge is 0.199 e. The predicted octanol–water partition coefficient (Wildman–Crippen LogP) is 0.835. The molecule has 0 saturated carbocycles. The molecule has 1 heterocycles. The van der Waals surface area contributed by atoms with Gasteiger partial charge in [0.1, 0.15) is 0 Å². The van der Waals surface area contributed by atoms with Gasteiger partial charge in [-0.2, -0.15) is 8.42 Å². The molecule has 90 valence electrons. The molecular formula is C10H12N4O2S. The van der Waals surface area contributed by atoms with Crippen molar-refractivity contribution in [2.45, 2.75) is 25.7 Å². The summed E-state index contributed by atoms with van der Waals surface area (Å²) in [6.45, 7) is 5.45. The Labute approximate surface area is 99.3 Å². The fourth-order valence-corrected chi connectivity index (χ4v) is 3.34. The second-order valence-corrected chi connectivity index (χ2v) is 5.65. The third-order valence-corrected chi connectivity index (χ3v) is 4.26. The van der Waals surface area contributed by atoms with Crippen molar-refractivity contribution in [3.63, 3.8) is 0 Å². The predicted molar refractivity (Wildman–Crippen MR) is 61.1 cm³/mol. The number of nitrogens with zero attached hydrogens (tertiary/aromatic N) is 4. The lowest BCUT2D eigenvalue weighted by Gasteiger charge is -2.10. The summed E-state index contributed by atoms with van der Waals surface area (Å²) >= 11 is 0. The molecule has 0 amide bonds. The minimum atomic E-state index is -3.69. The molecule has 0 bridgehead atoms. The van der Waals surface area contributed by atoms with Gasteiger partial charge in [-0.05, 0) is 42.3 Å². The maximum Gasteiger partial charge on any atom is 0.286 e. The molecule has 0 spiro atoms. The number of hydrogen-bond acceptors (Lipinski definition) is 5. The summed E-state index contributed by atoms with van der Waals surface area (Å²) in [5.74, 6) is 0. The number of aryl methyl sites for hydroxylation is 3. The molecule has 0 saturated heterocycles. The monoisotopic (exact) mass is 252 g/mol. The molecule has 0 radical (unpaired) electrons. The van der Waals surface area contributed by atoms with Crippen LogP contribution in [0.15, 0.2) is 23.4 Å². The molecular weight excluding hydrogens is 240 g/mol. The van der Waals surface area contributed by atoms with Crippen LogP contribution in [0, 0.1) is 20.8 Å². The lowest BCUT2D eigenvalue weighted by molar-refractivity contribution is 0.576. The van der Waals surface area contributed by atoms with Crippen molar-refractivity contribution in [3.05, 3.63) is 35.2 Å². The summed E-state index contributed by atoms with van der Waals surface area (Å²) in [7, 11) is -3.69. The summed E-state index contributed by atoms with van der Waals surface area (Å²) in [6, 6.07) is 3.65. The average molecular weight is 252 g/mol. The van der Waals surface area contributed by atoms with Crippen LogP contribution in [0.1, 0.15) is 16.7 Å². The largest absolute Gasteiger partial charge is 0.286 e. The van der Waals surface area contributed by atoms with Crippen LogP contribution < -0.4 is 0 Å². The molecule has 0 N–H and O–H groups in total. The quantitative estimate of drug-likeness (QED) is 0.791. The van der Waals surface area contributed by atoms with Crippen molar-refractivity contribution in [2.24, 2.45) is 0 Å². The Morgan fingerprint density at radius 3 is 2.18 bits per heavy atom. The van der Waals surface area contributed by atoms with Crippen molar-refractivity contribution in [1.29, 1.82) is 0 Å². The van der Waals surface area contributed by atoms with Crippen molar-refractivity contribution in [1.82, 2.24) is 19.6 Å². The van der Waals surface area contributed by atoms with Gasteiger partial charge in [0.2, 0.25) is 0 Å². The molecule has 0 atom stereocenters. The third kappa shape index (κ3) is 1.93. The SMILES string of the molecule is Cc1cc(C)c(S(=O)(=O)n2cnnn2)c(C)c1. The first-order valence-corrected chi connectivity index (χ1v) is 6.43. The average Bonchev–Trinajstić information content (AvgIpc) is 2.67. The Morgan fingerprint density at radius 2 is 1.71 bits per heavy atom. The lowest BCUT2D eigenvalue weighted by atomic mass is 10.1. The Hall–Kier alpha value is -1.76. The normalized spacial score (nSPS) is 11.7. The van der Waals surface area contributed by atoms with Gasteiger partial charge in [0.05, 0.1) is 4.90 Å². The first-order chi connectivity index (χ1) is 7.93. The van der Waals surface area contributed by atoms with Gasteiger partial charge in [0.25, 0.3) is 10.0 Å². The third-order valence-electron chi connectivity index (χ3n) is 2.44. The number of aromatic nitrogens is 4. The highest BCUT2D eigenvalue weighted by molar-refractivity contribution is 7.90. The van der Waals surface area contributed by atoms with E-state index in [9.17, 15) is 8.42 Å². The van der Waals surface area contributed by atoms with Crippen LogP contribution in [0.3, 0.4) is 0 Å². The van der Waals surface area contributed by atoms with E-state index in [0.29, 0.717) is 11.1 Å². The number of rotatable bonds is 2. The molecule has 0 aliphatic heterocycles. The van der Waals surface area contributed by atoms with E-state index in [-0.39, 0.29) is 4.90 Å². The molecule has 0 fully saturated rings. The van der Waals surface area contributed by atoms with Crippen LogP contribution in [0.4, 0.5) is 0 Å². The van der Waals surface area contributed by atoms with Crippen molar-refractivity contribution in [2.75, 3.05) is 0 Å². The number of benzene rings is 1. The fourth-order valence-electron chi connectivity index (χ4n) is 1.93. The lowest BCUT2D eigenvalue weighted by Crippen LogP contribution is -2.16. The number of tetrazole rings is 1. The zero-order chi connectivity index (χ0) is 12.6. The van der Waals surface area contributed by atoms with E-state index in [4.69, 9.17) is 0 Å². The highest BCUT2D eigenvalue weighted by Crippen LogP contribution is 2.23. The van der Waals surface area contributed by atoms with E-state index < -0.39 is 10.0 Å². The fraction of sp³-hybridized carbons (Fsp3) is 0.300. The highest BCUT2D eigenvalue weighted by Gasteiger charge is 2.22. The second kappa shape index (κ2) is 3.92. The van der Waals surface area contributed by atoms with E-state index in [1.807, 2.05) is 19.1 Å². The van der Waals surface area contributed by atoms with Gasteiger partial charge < -0.3 is 0 Å². The summed E-state index contributed by atoms with van der Waals surface area (Å²) in [4.78, 5) is 0.260. The van der Waals surface area contributed by atoms with Crippen molar-refractivity contribution >= 4 is 10.0 Å². The maximum absolute atomic E-state index is 12.3. The van der Waals surface area contributed by atoms with Gasteiger partial charge >= 0.3 is 0 Å². The highest BCUT2D eigenvalue weighted by atomic mass is 32.2. The molecule has 17 heavy (non-hydrogen) atoms. The van der Waals surface area contributed by atoms with Crippen molar-refractivity contribution in [3.8, 4) is 0 Å². The van der Waals surface area contributed by atoms with Crippen LogP contribution in [-0.2, 0) is 10.0 Å².